The highest BCUT2D eigenvalue weighted by molar-refractivity contribution is 14.0. The van der Waals surface area contributed by atoms with E-state index in [1.807, 2.05) is 18.2 Å². The highest BCUT2D eigenvalue weighted by atomic mass is 127. The molecule has 0 saturated carbocycles. The second-order valence-electron chi connectivity index (χ2n) is 7.29. The molecule has 2 rings (SSSR count). The summed E-state index contributed by atoms with van der Waals surface area (Å²) in [4.78, 5) is 18.0. The largest absolute Gasteiger partial charge is 0.493 e. The van der Waals surface area contributed by atoms with Crippen LogP contribution in [0.5, 0.6) is 5.75 Å². The van der Waals surface area contributed by atoms with Crippen LogP contribution in [-0.2, 0) is 4.79 Å². The Hall–Kier alpha value is -1.51. The lowest BCUT2D eigenvalue weighted by molar-refractivity contribution is -0.127. The highest BCUT2D eigenvalue weighted by Gasteiger charge is 2.22. The van der Waals surface area contributed by atoms with Crippen molar-refractivity contribution < 1.29 is 9.53 Å². The zero-order chi connectivity index (χ0) is 18.9. The van der Waals surface area contributed by atoms with Crippen molar-refractivity contribution >= 4 is 35.8 Å². The Morgan fingerprint density at radius 2 is 2.07 bits per heavy atom. The Morgan fingerprint density at radius 1 is 1.33 bits per heavy atom. The number of hydrogen-bond acceptors (Lipinski definition) is 3. The van der Waals surface area contributed by atoms with Crippen LogP contribution in [0.2, 0.25) is 0 Å². The number of nitrogens with one attached hydrogen (secondary N) is 2. The summed E-state index contributed by atoms with van der Waals surface area (Å²) < 4.78 is 5.73. The van der Waals surface area contributed by atoms with Gasteiger partial charge in [-0.3, -0.25) is 4.79 Å². The van der Waals surface area contributed by atoms with Crippen molar-refractivity contribution in [2.45, 2.75) is 39.2 Å². The lowest BCUT2D eigenvalue weighted by Gasteiger charge is -2.28. The van der Waals surface area contributed by atoms with E-state index in [1.165, 1.54) is 0 Å². The smallest absolute Gasteiger partial charge is 0.243 e. The van der Waals surface area contributed by atoms with Gasteiger partial charge >= 0.3 is 0 Å². The zero-order valence-electron chi connectivity index (χ0n) is 16.8. The Kier molecular flexibility index (Phi) is 10.5. The standard InChI is InChI=1S/C20H32N4O2.HI/c1-15(2)8-7-12-21-20(22-14-19(25)24(3)4)23-17-11-13-26-18-10-6-5-9-16(17)18;/h5-6,9-10,15,17H,7-8,11-14H2,1-4H3,(H2,21,22,23);1H. The molecular formula is C20H33IN4O2. The van der Waals surface area contributed by atoms with Crippen LogP contribution in [0, 0.1) is 5.92 Å². The molecule has 0 radical (unpaired) electrons. The van der Waals surface area contributed by atoms with Crippen LogP contribution < -0.4 is 15.4 Å². The van der Waals surface area contributed by atoms with E-state index < -0.39 is 0 Å². The van der Waals surface area contributed by atoms with Gasteiger partial charge in [-0.05, 0) is 24.8 Å². The number of para-hydroxylation sites is 1. The number of likely N-dealkylation sites (N-methyl/N-ethyl adjacent to an activating group) is 1. The Morgan fingerprint density at radius 3 is 2.78 bits per heavy atom. The molecule has 7 heteroatoms. The number of aliphatic imine (C=N–C) groups is 1. The van der Waals surface area contributed by atoms with E-state index in [4.69, 9.17) is 4.74 Å². The van der Waals surface area contributed by atoms with Crippen LogP contribution in [0.15, 0.2) is 29.3 Å². The van der Waals surface area contributed by atoms with Gasteiger partial charge in [0.15, 0.2) is 5.96 Å². The maximum atomic E-state index is 11.9. The lowest BCUT2D eigenvalue weighted by Crippen LogP contribution is -2.42. The van der Waals surface area contributed by atoms with E-state index in [9.17, 15) is 4.79 Å². The molecule has 0 fully saturated rings. The van der Waals surface area contributed by atoms with Gasteiger partial charge in [0.2, 0.25) is 5.91 Å². The normalized spacial score (nSPS) is 16.0. The highest BCUT2D eigenvalue weighted by Crippen LogP contribution is 2.31. The van der Waals surface area contributed by atoms with Crippen LogP contribution in [0.1, 0.15) is 44.7 Å². The zero-order valence-corrected chi connectivity index (χ0v) is 19.2. The van der Waals surface area contributed by atoms with Gasteiger partial charge in [-0.2, -0.15) is 0 Å². The third-order valence-corrected chi connectivity index (χ3v) is 4.39. The number of ether oxygens (including phenoxy) is 1. The third kappa shape index (κ3) is 7.94. The molecule has 1 atom stereocenters. The predicted octanol–water partition coefficient (Wildman–Crippen LogP) is 3.19. The number of hydrogen-bond donors (Lipinski definition) is 2. The monoisotopic (exact) mass is 488 g/mol. The summed E-state index contributed by atoms with van der Waals surface area (Å²) >= 11 is 0. The molecule has 0 aliphatic carbocycles. The summed E-state index contributed by atoms with van der Waals surface area (Å²) in [6, 6.07) is 8.20. The summed E-state index contributed by atoms with van der Waals surface area (Å²) in [6.45, 7) is 6.10. The van der Waals surface area contributed by atoms with Crippen molar-refractivity contribution in [3.05, 3.63) is 29.8 Å². The van der Waals surface area contributed by atoms with E-state index in [-0.39, 0.29) is 42.5 Å². The minimum Gasteiger partial charge on any atom is -0.493 e. The minimum atomic E-state index is -0.0133. The first-order valence-corrected chi connectivity index (χ1v) is 9.44. The fourth-order valence-corrected chi connectivity index (χ4v) is 2.81. The van der Waals surface area contributed by atoms with E-state index in [0.29, 0.717) is 18.5 Å². The van der Waals surface area contributed by atoms with Crippen LogP contribution in [0.25, 0.3) is 0 Å². The second-order valence-corrected chi connectivity index (χ2v) is 7.29. The average Bonchev–Trinajstić information content (AvgIpc) is 2.62. The molecule has 6 nitrogen and oxygen atoms in total. The summed E-state index contributed by atoms with van der Waals surface area (Å²) in [5, 5.41) is 6.86. The number of carbonyl (C=O) groups is 1. The molecule has 0 aromatic heterocycles. The van der Waals surface area contributed by atoms with Crippen LogP contribution in [0.4, 0.5) is 0 Å². The molecule has 0 spiro atoms. The van der Waals surface area contributed by atoms with Crippen LogP contribution in [-0.4, -0.2) is 50.6 Å². The molecule has 2 N–H and O–H groups in total. The maximum Gasteiger partial charge on any atom is 0.243 e. The molecule has 1 aromatic carbocycles. The Labute approximate surface area is 180 Å². The summed E-state index contributed by atoms with van der Waals surface area (Å²) in [7, 11) is 3.49. The molecule has 1 amide bonds. The van der Waals surface area contributed by atoms with Gasteiger partial charge in [0.25, 0.3) is 0 Å². The molecule has 1 aliphatic rings. The Balaban J connectivity index is 0.00000364. The van der Waals surface area contributed by atoms with Gasteiger partial charge in [0.1, 0.15) is 12.3 Å². The number of benzene rings is 1. The van der Waals surface area contributed by atoms with E-state index >= 15 is 0 Å². The van der Waals surface area contributed by atoms with Crippen LogP contribution >= 0.6 is 24.0 Å². The van der Waals surface area contributed by atoms with E-state index in [1.54, 1.807) is 19.0 Å². The van der Waals surface area contributed by atoms with Crippen molar-refractivity contribution in [2.75, 3.05) is 33.8 Å². The fourth-order valence-electron chi connectivity index (χ4n) is 2.81. The summed E-state index contributed by atoms with van der Waals surface area (Å²) in [5.74, 6) is 2.27. The molecule has 27 heavy (non-hydrogen) atoms. The number of fused-ring (bicyclic) bond motifs is 1. The van der Waals surface area contributed by atoms with Crippen molar-refractivity contribution in [3.8, 4) is 5.75 Å². The van der Waals surface area contributed by atoms with Crippen molar-refractivity contribution in [2.24, 2.45) is 10.9 Å². The van der Waals surface area contributed by atoms with Crippen molar-refractivity contribution in [3.63, 3.8) is 0 Å². The number of halogens is 1. The van der Waals surface area contributed by atoms with Crippen LogP contribution in [0.3, 0.4) is 0 Å². The number of rotatable bonds is 7. The lowest BCUT2D eigenvalue weighted by atomic mass is 10.0. The second kappa shape index (κ2) is 12.0. The predicted molar refractivity (Wildman–Crippen MR) is 121 cm³/mol. The maximum absolute atomic E-state index is 11.9. The molecule has 1 aliphatic heterocycles. The number of guanidine groups is 1. The third-order valence-electron chi connectivity index (χ3n) is 4.39. The SMILES string of the molecule is CC(C)CCCNC(=NCC(=O)N(C)C)NC1CCOc2ccccc21.I. The number of amides is 1. The quantitative estimate of drug-likeness (QED) is 0.268. The molecule has 1 aromatic rings. The molecule has 1 unspecified atom stereocenters. The number of nitrogens with zero attached hydrogens (tertiary/aromatic N) is 2. The molecule has 0 saturated heterocycles. The molecular weight excluding hydrogens is 455 g/mol. The minimum absolute atomic E-state index is 0. The van der Waals surface area contributed by atoms with Crippen molar-refractivity contribution in [1.29, 1.82) is 0 Å². The fraction of sp³-hybridized carbons (Fsp3) is 0.600. The van der Waals surface area contributed by atoms with E-state index in [2.05, 4.69) is 35.5 Å². The first-order valence-electron chi connectivity index (χ1n) is 9.44. The van der Waals surface area contributed by atoms with Gasteiger partial charge in [0.05, 0.1) is 12.6 Å². The van der Waals surface area contributed by atoms with Crippen molar-refractivity contribution in [1.82, 2.24) is 15.5 Å². The topological polar surface area (TPSA) is 66.0 Å². The first-order chi connectivity index (χ1) is 12.5. The molecule has 152 valence electrons. The summed E-state index contributed by atoms with van der Waals surface area (Å²) in [6.07, 6.45) is 3.10. The average molecular weight is 488 g/mol. The summed E-state index contributed by atoms with van der Waals surface area (Å²) in [5.41, 5.74) is 1.13. The van der Waals surface area contributed by atoms with Gasteiger partial charge < -0.3 is 20.3 Å². The molecule has 1 heterocycles. The van der Waals surface area contributed by atoms with Gasteiger partial charge in [-0.1, -0.05) is 32.0 Å². The first kappa shape index (κ1) is 23.5. The van der Waals surface area contributed by atoms with Gasteiger partial charge in [-0.15, -0.1) is 24.0 Å². The van der Waals surface area contributed by atoms with Gasteiger partial charge in [-0.25, -0.2) is 4.99 Å². The van der Waals surface area contributed by atoms with Gasteiger partial charge in [0, 0.05) is 32.6 Å². The Bertz CT molecular complexity index is 620. The molecule has 0 bridgehead atoms. The van der Waals surface area contributed by atoms with E-state index in [0.717, 1.165) is 37.1 Å². The number of carbonyl (C=O) groups excluding carboxylic acids is 1.